The molecule has 0 aliphatic heterocycles. The fourth-order valence-electron chi connectivity index (χ4n) is 1.65. The molecule has 2 aromatic rings. The summed E-state index contributed by atoms with van der Waals surface area (Å²) in [5, 5.41) is 0. The molecule has 7 heteroatoms. The van der Waals surface area contributed by atoms with Crippen molar-refractivity contribution < 1.29 is 13.2 Å². The van der Waals surface area contributed by atoms with E-state index >= 15 is 0 Å². The first kappa shape index (κ1) is 14.0. The monoisotopic (exact) mass is 291 g/mol. The molecular formula is C13H13N3O3S. The maximum atomic E-state index is 12.3. The summed E-state index contributed by atoms with van der Waals surface area (Å²) in [7, 11) is -3.62. The molecule has 0 aromatic heterocycles. The van der Waals surface area contributed by atoms with Crippen LogP contribution in [0.25, 0.3) is 0 Å². The second kappa shape index (κ2) is 5.32. The van der Waals surface area contributed by atoms with Crippen molar-refractivity contribution in [1.29, 1.82) is 0 Å². The highest BCUT2D eigenvalue weighted by atomic mass is 32.2. The van der Waals surface area contributed by atoms with Gasteiger partial charge in [0.15, 0.2) is 0 Å². The van der Waals surface area contributed by atoms with Crippen molar-refractivity contribution in [2.45, 2.75) is 9.79 Å². The van der Waals surface area contributed by atoms with E-state index in [4.69, 9.17) is 11.6 Å². The summed E-state index contributed by atoms with van der Waals surface area (Å²) in [5.74, 6) is 4.52. The molecule has 1 amide bonds. The Hall–Kier alpha value is -2.38. The summed E-state index contributed by atoms with van der Waals surface area (Å²) in [6, 6.07) is 11.4. The number of rotatable bonds is 3. The van der Waals surface area contributed by atoms with Gasteiger partial charge in [0.25, 0.3) is 5.91 Å². The van der Waals surface area contributed by atoms with Gasteiger partial charge in [-0.15, -0.1) is 0 Å². The lowest BCUT2D eigenvalue weighted by atomic mass is 10.2. The molecule has 0 saturated carbocycles. The molecule has 0 fully saturated rings. The molecule has 0 spiro atoms. The maximum absolute atomic E-state index is 12.3. The van der Waals surface area contributed by atoms with Crippen LogP contribution in [0.4, 0.5) is 5.69 Å². The lowest BCUT2D eigenvalue weighted by Gasteiger charge is -2.06. The van der Waals surface area contributed by atoms with Gasteiger partial charge in [-0.2, -0.15) is 0 Å². The number of anilines is 1. The zero-order chi connectivity index (χ0) is 14.8. The van der Waals surface area contributed by atoms with E-state index in [9.17, 15) is 13.2 Å². The molecule has 0 aliphatic carbocycles. The van der Waals surface area contributed by atoms with Gasteiger partial charge in [0.1, 0.15) is 0 Å². The lowest BCUT2D eigenvalue weighted by Crippen LogP contribution is -2.29. The molecule has 2 rings (SSSR count). The molecular weight excluding hydrogens is 278 g/mol. The Morgan fingerprint density at radius 2 is 1.35 bits per heavy atom. The Labute approximate surface area is 116 Å². The highest BCUT2D eigenvalue weighted by Crippen LogP contribution is 2.21. The molecule has 0 bridgehead atoms. The molecule has 0 saturated heterocycles. The third kappa shape index (κ3) is 2.63. The number of hydrazine groups is 1. The van der Waals surface area contributed by atoms with Crippen LogP contribution in [0.15, 0.2) is 58.3 Å². The number of nitrogens with one attached hydrogen (secondary N) is 1. The Morgan fingerprint density at radius 3 is 1.80 bits per heavy atom. The fraction of sp³-hybridized carbons (Fsp3) is 0. The third-order valence-electron chi connectivity index (χ3n) is 2.75. The number of nitrogens with two attached hydrogens (primary N) is 2. The second-order valence-electron chi connectivity index (χ2n) is 4.07. The van der Waals surface area contributed by atoms with E-state index in [1.165, 1.54) is 48.5 Å². The normalized spacial score (nSPS) is 11.1. The molecule has 0 radical (unpaired) electrons. The Balaban J connectivity index is 2.40. The van der Waals surface area contributed by atoms with Crippen molar-refractivity contribution in [3.8, 4) is 0 Å². The van der Waals surface area contributed by atoms with Crippen LogP contribution >= 0.6 is 0 Å². The van der Waals surface area contributed by atoms with Crippen LogP contribution in [-0.4, -0.2) is 14.3 Å². The number of hydrogen-bond donors (Lipinski definition) is 3. The molecule has 104 valence electrons. The van der Waals surface area contributed by atoms with Crippen molar-refractivity contribution >= 4 is 21.4 Å². The molecule has 0 unspecified atom stereocenters. The summed E-state index contributed by atoms with van der Waals surface area (Å²) >= 11 is 0. The summed E-state index contributed by atoms with van der Waals surface area (Å²) < 4.78 is 24.7. The number of benzene rings is 2. The predicted molar refractivity (Wildman–Crippen MR) is 74.4 cm³/mol. The fourth-order valence-corrected chi connectivity index (χ4v) is 2.91. The van der Waals surface area contributed by atoms with Crippen LogP contribution in [-0.2, 0) is 9.84 Å². The van der Waals surface area contributed by atoms with Crippen LogP contribution in [0.2, 0.25) is 0 Å². The quantitative estimate of drug-likeness (QED) is 0.333. The molecule has 0 heterocycles. The first-order chi connectivity index (χ1) is 9.45. The number of amides is 1. The number of nitrogen functional groups attached to an aromatic ring is 2. The maximum Gasteiger partial charge on any atom is 0.265 e. The topological polar surface area (TPSA) is 115 Å². The van der Waals surface area contributed by atoms with Crippen molar-refractivity contribution in [2.24, 2.45) is 5.84 Å². The molecule has 6 nitrogen and oxygen atoms in total. The van der Waals surface area contributed by atoms with E-state index < -0.39 is 15.7 Å². The van der Waals surface area contributed by atoms with Crippen LogP contribution in [0.1, 0.15) is 10.4 Å². The van der Waals surface area contributed by atoms with E-state index in [1.54, 1.807) is 0 Å². The van der Waals surface area contributed by atoms with Gasteiger partial charge in [-0.3, -0.25) is 10.2 Å². The van der Waals surface area contributed by atoms with Crippen LogP contribution in [0.5, 0.6) is 0 Å². The molecule has 0 atom stereocenters. The van der Waals surface area contributed by atoms with Gasteiger partial charge < -0.3 is 5.73 Å². The second-order valence-corrected chi connectivity index (χ2v) is 6.02. The summed E-state index contributed by atoms with van der Waals surface area (Å²) in [6.07, 6.45) is 0. The van der Waals surface area contributed by atoms with E-state index in [1.807, 2.05) is 5.43 Å². The minimum absolute atomic E-state index is 0.0934. The molecule has 2 aromatic carbocycles. The third-order valence-corrected chi connectivity index (χ3v) is 4.53. The largest absolute Gasteiger partial charge is 0.399 e. The van der Waals surface area contributed by atoms with Crippen molar-refractivity contribution in [2.75, 3.05) is 5.73 Å². The zero-order valence-corrected chi connectivity index (χ0v) is 11.2. The van der Waals surface area contributed by atoms with Crippen LogP contribution < -0.4 is 17.0 Å². The molecule has 5 N–H and O–H groups in total. The predicted octanol–water partition coefficient (Wildman–Crippen LogP) is 0.705. The highest BCUT2D eigenvalue weighted by molar-refractivity contribution is 7.91. The Kier molecular flexibility index (Phi) is 3.73. The van der Waals surface area contributed by atoms with Crippen molar-refractivity contribution in [1.82, 2.24) is 5.43 Å². The number of hydrogen-bond acceptors (Lipinski definition) is 5. The van der Waals surface area contributed by atoms with E-state index in [-0.39, 0.29) is 15.4 Å². The first-order valence-corrected chi connectivity index (χ1v) is 7.15. The van der Waals surface area contributed by atoms with E-state index in [2.05, 4.69) is 0 Å². The smallest absolute Gasteiger partial charge is 0.265 e. The highest BCUT2D eigenvalue weighted by Gasteiger charge is 2.17. The number of carbonyl (C=O) groups excluding carboxylic acids is 1. The number of carbonyl (C=O) groups is 1. The van der Waals surface area contributed by atoms with Gasteiger partial charge in [0.2, 0.25) is 9.84 Å². The van der Waals surface area contributed by atoms with Crippen LogP contribution in [0, 0.1) is 0 Å². The summed E-state index contributed by atoms with van der Waals surface area (Å²) in [4.78, 5) is 11.5. The average molecular weight is 291 g/mol. The van der Waals surface area contributed by atoms with Crippen molar-refractivity contribution in [3.05, 3.63) is 54.1 Å². The standard InChI is InChI=1S/C13H13N3O3S/c14-10-3-7-12(8-4-10)20(18,19)11-5-1-9(2-6-11)13(17)16-15/h1-8H,14-15H2,(H,16,17). The lowest BCUT2D eigenvalue weighted by molar-refractivity contribution is 0.0953. The summed E-state index contributed by atoms with van der Waals surface area (Å²) in [6.45, 7) is 0. The average Bonchev–Trinajstić information content (AvgIpc) is 2.47. The minimum Gasteiger partial charge on any atom is -0.399 e. The zero-order valence-electron chi connectivity index (χ0n) is 10.4. The van der Waals surface area contributed by atoms with E-state index in [0.717, 1.165) is 0 Å². The molecule has 20 heavy (non-hydrogen) atoms. The summed E-state index contributed by atoms with van der Waals surface area (Å²) in [5.41, 5.74) is 8.27. The Morgan fingerprint density at radius 1 is 0.900 bits per heavy atom. The molecule has 0 aliphatic rings. The Bertz CT molecular complexity index is 722. The van der Waals surface area contributed by atoms with Crippen LogP contribution in [0.3, 0.4) is 0 Å². The van der Waals surface area contributed by atoms with Gasteiger partial charge in [-0.25, -0.2) is 14.3 Å². The first-order valence-electron chi connectivity index (χ1n) is 5.67. The van der Waals surface area contributed by atoms with E-state index in [0.29, 0.717) is 5.69 Å². The number of sulfone groups is 1. The van der Waals surface area contributed by atoms with Crippen molar-refractivity contribution in [3.63, 3.8) is 0 Å². The minimum atomic E-state index is -3.62. The SMILES string of the molecule is NNC(=O)c1ccc(S(=O)(=O)c2ccc(N)cc2)cc1. The van der Waals surface area contributed by atoms with Gasteiger partial charge in [-0.05, 0) is 48.5 Å². The van der Waals surface area contributed by atoms with Gasteiger partial charge >= 0.3 is 0 Å². The van der Waals surface area contributed by atoms with Gasteiger partial charge in [0, 0.05) is 11.3 Å². The van der Waals surface area contributed by atoms with Gasteiger partial charge in [0.05, 0.1) is 9.79 Å². The van der Waals surface area contributed by atoms with Gasteiger partial charge in [-0.1, -0.05) is 0 Å².